The first kappa shape index (κ1) is 17.7. The topological polar surface area (TPSA) is 28.7 Å². The molecular weight excluding hydrogens is 323 g/mol. The largest absolute Gasteiger partial charge is 0.318 e. The Morgan fingerprint density at radius 3 is 2.46 bits per heavy atom. The molecule has 3 aromatic rings. The van der Waals surface area contributed by atoms with Gasteiger partial charge in [-0.2, -0.15) is 5.26 Å². The lowest BCUT2D eigenvalue weighted by Crippen LogP contribution is -2.02. The molecule has 0 bridgehead atoms. The van der Waals surface area contributed by atoms with Gasteiger partial charge >= 0.3 is 0 Å². The van der Waals surface area contributed by atoms with E-state index in [2.05, 4.69) is 55.7 Å². The summed E-state index contributed by atoms with van der Waals surface area (Å²) >= 11 is 0. The molecule has 2 nitrogen and oxygen atoms in total. The van der Waals surface area contributed by atoms with Crippen LogP contribution in [0.15, 0.2) is 48.5 Å². The van der Waals surface area contributed by atoms with Crippen molar-refractivity contribution in [3.05, 3.63) is 88.0 Å². The fourth-order valence-electron chi connectivity index (χ4n) is 3.27. The number of hydrogen-bond donors (Lipinski definition) is 0. The number of benzene rings is 2. The molecule has 0 aliphatic carbocycles. The Bertz CT molecular complexity index is 1050. The summed E-state index contributed by atoms with van der Waals surface area (Å²) in [7, 11) is 0. The maximum Gasteiger partial charge on any atom is 0.123 e. The van der Waals surface area contributed by atoms with Crippen molar-refractivity contribution < 1.29 is 4.39 Å². The third-order valence-electron chi connectivity index (χ3n) is 4.84. The molecule has 2 aromatic carbocycles. The number of aryl methyl sites for hydroxylation is 2. The summed E-state index contributed by atoms with van der Waals surface area (Å²) in [6.45, 7) is 8.32. The summed E-state index contributed by atoms with van der Waals surface area (Å²) in [6.07, 6.45) is 1.83. The highest BCUT2D eigenvalue weighted by atomic mass is 19.1. The highest BCUT2D eigenvalue weighted by molar-refractivity contribution is 5.90. The molecular formula is C23H21FN2. The monoisotopic (exact) mass is 344 g/mol. The number of nitrogens with zero attached hydrogens (tertiary/aromatic N) is 2. The van der Waals surface area contributed by atoms with E-state index in [0.717, 1.165) is 22.6 Å². The molecule has 26 heavy (non-hydrogen) atoms. The van der Waals surface area contributed by atoms with Gasteiger partial charge in [0.05, 0.1) is 11.6 Å². The summed E-state index contributed by atoms with van der Waals surface area (Å²) in [6, 6.07) is 16.7. The first-order valence-corrected chi connectivity index (χ1v) is 8.55. The van der Waals surface area contributed by atoms with Gasteiger partial charge in [0, 0.05) is 17.1 Å². The zero-order chi connectivity index (χ0) is 18.8. The van der Waals surface area contributed by atoms with E-state index in [1.54, 1.807) is 12.1 Å². The summed E-state index contributed by atoms with van der Waals surface area (Å²) in [5.74, 6) is -0.343. The number of hydrogen-bond acceptors (Lipinski definition) is 1. The first-order chi connectivity index (χ1) is 12.4. The van der Waals surface area contributed by atoms with Crippen LogP contribution >= 0.6 is 0 Å². The molecule has 0 unspecified atom stereocenters. The normalized spacial score (nSPS) is 11.5. The molecule has 3 rings (SSSR count). The zero-order valence-corrected chi connectivity index (χ0v) is 15.5. The van der Waals surface area contributed by atoms with Crippen molar-refractivity contribution in [3.8, 4) is 11.8 Å². The molecule has 0 amide bonds. The Morgan fingerprint density at radius 1 is 1.04 bits per heavy atom. The Kier molecular flexibility index (Phi) is 4.77. The molecule has 0 spiro atoms. The Morgan fingerprint density at radius 2 is 1.77 bits per heavy atom. The van der Waals surface area contributed by atoms with Crippen molar-refractivity contribution in [2.45, 2.75) is 27.7 Å². The number of allylic oxidation sites excluding steroid dienone is 1. The smallest absolute Gasteiger partial charge is 0.123 e. The van der Waals surface area contributed by atoms with Crippen molar-refractivity contribution in [3.63, 3.8) is 0 Å². The van der Waals surface area contributed by atoms with E-state index in [0.29, 0.717) is 11.1 Å². The molecule has 0 saturated heterocycles. The lowest BCUT2D eigenvalue weighted by Gasteiger charge is -2.14. The van der Waals surface area contributed by atoms with Crippen LogP contribution in [0.1, 0.15) is 33.6 Å². The number of aromatic nitrogens is 1. The Labute approximate surface area is 153 Å². The fourth-order valence-corrected chi connectivity index (χ4v) is 3.27. The maximum absolute atomic E-state index is 13.5. The Hall–Kier alpha value is -3.12. The molecule has 0 fully saturated rings. The quantitative estimate of drug-likeness (QED) is 0.543. The van der Waals surface area contributed by atoms with E-state index in [4.69, 9.17) is 0 Å². The van der Waals surface area contributed by atoms with Crippen LogP contribution in [0.25, 0.3) is 17.3 Å². The van der Waals surface area contributed by atoms with Gasteiger partial charge in [-0.25, -0.2) is 4.39 Å². The molecule has 0 saturated carbocycles. The van der Waals surface area contributed by atoms with Crippen molar-refractivity contribution in [1.82, 2.24) is 4.57 Å². The predicted molar refractivity (Wildman–Crippen MR) is 105 cm³/mol. The third kappa shape index (κ3) is 3.19. The zero-order valence-electron chi connectivity index (χ0n) is 15.5. The lowest BCUT2D eigenvalue weighted by molar-refractivity contribution is 0.627. The van der Waals surface area contributed by atoms with E-state index in [1.807, 2.05) is 13.0 Å². The van der Waals surface area contributed by atoms with Gasteiger partial charge in [0.2, 0.25) is 0 Å². The van der Waals surface area contributed by atoms with Crippen LogP contribution in [-0.2, 0) is 0 Å². The number of halogens is 1. The molecule has 0 aliphatic heterocycles. The van der Waals surface area contributed by atoms with Gasteiger partial charge in [-0.05, 0) is 80.3 Å². The molecule has 0 N–H and O–H groups in total. The average molecular weight is 344 g/mol. The van der Waals surface area contributed by atoms with Crippen LogP contribution in [0.3, 0.4) is 0 Å². The van der Waals surface area contributed by atoms with Crippen LogP contribution in [-0.4, -0.2) is 4.57 Å². The average Bonchev–Trinajstić information content (AvgIpc) is 2.89. The van der Waals surface area contributed by atoms with Crippen molar-refractivity contribution >= 4 is 11.6 Å². The van der Waals surface area contributed by atoms with Crippen molar-refractivity contribution in [1.29, 1.82) is 5.26 Å². The van der Waals surface area contributed by atoms with E-state index < -0.39 is 0 Å². The van der Waals surface area contributed by atoms with E-state index in [9.17, 15) is 9.65 Å². The minimum atomic E-state index is -0.343. The van der Waals surface area contributed by atoms with Crippen molar-refractivity contribution in [2.75, 3.05) is 0 Å². The molecule has 0 radical (unpaired) electrons. The van der Waals surface area contributed by atoms with Gasteiger partial charge in [-0.15, -0.1) is 0 Å². The van der Waals surface area contributed by atoms with Crippen LogP contribution in [0.5, 0.6) is 0 Å². The second kappa shape index (κ2) is 7.01. The van der Waals surface area contributed by atoms with Gasteiger partial charge in [-0.3, -0.25) is 0 Å². The van der Waals surface area contributed by atoms with E-state index >= 15 is 0 Å². The molecule has 1 aromatic heterocycles. The van der Waals surface area contributed by atoms with Gasteiger partial charge in [-0.1, -0.05) is 24.3 Å². The molecule has 1 heterocycles. The third-order valence-corrected chi connectivity index (χ3v) is 4.84. The fraction of sp³-hybridized carbons (Fsp3) is 0.174. The molecule has 130 valence electrons. The standard InChI is InChI=1S/C23H21FN2/c1-15-7-5-10-23(17(15)3)26-16(2)11-20(18(26)4)12-21(14-25)19-8-6-9-22(24)13-19/h5-13H,1-4H3/b21-12-. The molecule has 0 atom stereocenters. The molecule has 3 heteroatoms. The predicted octanol–water partition coefficient (Wildman–Crippen LogP) is 5.91. The SMILES string of the molecule is Cc1cccc(-n2c(C)cc(/C=C(/C#N)c3cccc(F)c3)c2C)c1C. The highest BCUT2D eigenvalue weighted by Gasteiger charge is 2.13. The number of rotatable bonds is 3. The highest BCUT2D eigenvalue weighted by Crippen LogP contribution is 2.27. The summed E-state index contributed by atoms with van der Waals surface area (Å²) in [5, 5.41) is 9.55. The van der Waals surface area contributed by atoms with Gasteiger partial charge in [0.15, 0.2) is 0 Å². The van der Waals surface area contributed by atoms with Crippen LogP contribution in [0, 0.1) is 44.8 Å². The van der Waals surface area contributed by atoms with Gasteiger partial charge < -0.3 is 4.57 Å². The second-order valence-electron chi connectivity index (χ2n) is 6.56. The summed E-state index contributed by atoms with van der Waals surface area (Å²) < 4.78 is 15.7. The van der Waals surface area contributed by atoms with Crippen LogP contribution in [0.2, 0.25) is 0 Å². The maximum atomic E-state index is 13.5. The first-order valence-electron chi connectivity index (χ1n) is 8.55. The summed E-state index contributed by atoms with van der Waals surface area (Å²) in [4.78, 5) is 0. The molecule has 0 aliphatic rings. The minimum Gasteiger partial charge on any atom is -0.318 e. The van der Waals surface area contributed by atoms with E-state index in [1.165, 1.54) is 23.3 Å². The lowest BCUT2D eigenvalue weighted by atomic mass is 10.0. The van der Waals surface area contributed by atoms with Crippen molar-refractivity contribution in [2.24, 2.45) is 0 Å². The summed E-state index contributed by atoms with van der Waals surface area (Å²) in [5.41, 5.74) is 7.77. The van der Waals surface area contributed by atoms with Gasteiger partial charge in [0.25, 0.3) is 0 Å². The van der Waals surface area contributed by atoms with Gasteiger partial charge in [0.1, 0.15) is 5.82 Å². The number of nitriles is 1. The van der Waals surface area contributed by atoms with Crippen LogP contribution < -0.4 is 0 Å². The van der Waals surface area contributed by atoms with Crippen LogP contribution in [0.4, 0.5) is 4.39 Å². The van der Waals surface area contributed by atoms with E-state index in [-0.39, 0.29) is 5.82 Å². The Balaban J connectivity index is 2.14. The second-order valence-corrected chi connectivity index (χ2v) is 6.56. The minimum absolute atomic E-state index is 0.343.